The standard InChI is InChI=1S/C17H19N5O2S3/c1-3-8-18-13(23)9-25-16-20-21-17(27-16)26-10-14-19-15(22-24-14)12-7-5-4-6-11(12)2/h4-7H,3,8-10H2,1-2H3,(H,18,23). The zero-order valence-electron chi connectivity index (χ0n) is 15.0. The fourth-order valence-corrected chi connectivity index (χ4v) is 4.81. The predicted molar refractivity (Wildman–Crippen MR) is 108 cm³/mol. The van der Waals surface area contributed by atoms with E-state index >= 15 is 0 Å². The van der Waals surface area contributed by atoms with E-state index in [9.17, 15) is 4.79 Å². The molecule has 3 aromatic rings. The number of carbonyl (C=O) groups excluding carboxylic acids is 1. The summed E-state index contributed by atoms with van der Waals surface area (Å²) < 4.78 is 6.92. The third-order valence-electron chi connectivity index (χ3n) is 3.46. The van der Waals surface area contributed by atoms with Gasteiger partial charge in [0.1, 0.15) is 0 Å². The van der Waals surface area contributed by atoms with E-state index in [0.717, 1.165) is 26.2 Å². The van der Waals surface area contributed by atoms with E-state index in [0.29, 0.717) is 29.8 Å². The molecule has 142 valence electrons. The van der Waals surface area contributed by atoms with Crippen molar-refractivity contribution in [2.75, 3.05) is 12.3 Å². The van der Waals surface area contributed by atoms with Crippen molar-refractivity contribution in [3.63, 3.8) is 0 Å². The molecule has 0 spiro atoms. The van der Waals surface area contributed by atoms with Crippen LogP contribution in [0.4, 0.5) is 0 Å². The van der Waals surface area contributed by atoms with Gasteiger partial charge in [-0.3, -0.25) is 4.79 Å². The Balaban J connectivity index is 1.50. The largest absolute Gasteiger partial charge is 0.355 e. The summed E-state index contributed by atoms with van der Waals surface area (Å²) in [6.07, 6.45) is 0.928. The third-order valence-corrected chi connectivity index (χ3v) is 6.63. The van der Waals surface area contributed by atoms with Crippen LogP contribution in [0.2, 0.25) is 0 Å². The van der Waals surface area contributed by atoms with Gasteiger partial charge in [-0.25, -0.2) is 0 Å². The van der Waals surface area contributed by atoms with E-state index < -0.39 is 0 Å². The van der Waals surface area contributed by atoms with Crippen molar-refractivity contribution in [1.29, 1.82) is 0 Å². The Bertz CT molecular complexity index is 896. The van der Waals surface area contributed by atoms with Crippen molar-refractivity contribution in [2.24, 2.45) is 0 Å². The van der Waals surface area contributed by atoms with E-state index in [-0.39, 0.29) is 5.91 Å². The van der Waals surface area contributed by atoms with Crippen molar-refractivity contribution in [2.45, 2.75) is 34.7 Å². The minimum atomic E-state index is 0.0147. The van der Waals surface area contributed by atoms with Crippen molar-refractivity contribution < 1.29 is 9.32 Å². The number of hydrogen-bond acceptors (Lipinski definition) is 9. The number of amides is 1. The van der Waals surface area contributed by atoms with E-state index in [1.165, 1.54) is 34.9 Å². The molecule has 0 unspecified atom stereocenters. The lowest BCUT2D eigenvalue weighted by molar-refractivity contribution is -0.118. The number of carbonyl (C=O) groups is 1. The fourth-order valence-electron chi connectivity index (χ4n) is 2.13. The van der Waals surface area contributed by atoms with Gasteiger partial charge in [0, 0.05) is 12.1 Å². The molecule has 1 N–H and O–H groups in total. The van der Waals surface area contributed by atoms with E-state index in [1.54, 1.807) is 0 Å². The first-order chi connectivity index (χ1) is 13.2. The number of nitrogens with zero attached hydrogens (tertiary/aromatic N) is 4. The molecule has 2 heterocycles. The number of nitrogens with one attached hydrogen (secondary N) is 1. The molecule has 1 aromatic carbocycles. The van der Waals surface area contributed by atoms with Crippen molar-refractivity contribution in [3.8, 4) is 11.4 Å². The fraction of sp³-hybridized carbons (Fsp3) is 0.353. The Hall–Kier alpha value is -1.91. The second-order valence-corrected chi connectivity index (χ2v) is 9.01. The van der Waals surface area contributed by atoms with Crippen LogP contribution in [0, 0.1) is 6.92 Å². The van der Waals surface area contributed by atoms with Crippen LogP contribution in [0.5, 0.6) is 0 Å². The number of aryl methyl sites for hydroxylation is 1. The topological polar surface area (TPSA) is 93.8 Å². The molecule has 1 amide bonds. The van der Waals surface area contributed by atoms with Crippen molar-refractivity contribution in [1.82, 2.24) is 25.7 Å². The van der Waals surface area contributed by atoms with Gasteiger partial charge in [-0.1, -0.05) is 71.2 Å². The second kappa shape index (κ2) is 9.86. The average Bonchev–Trinajstić information content (AvgIpc) is 3.33. The van der Waals surface area contributed by atoms with Crippen LogP contribution in [-0.4, -0.2) is 38.5 Å². The summed E-state index contributed by atoms with van der Waals surface area (Å²) >= 11 is 4.34. The lowest BCUT2D eigenvalue weighted by Crippen LogP contribution is -2.25. The maximum absolute atomic E-state index is 11.6. The molecule has 0 aliphatic rings. The SMILES string of the molecule is CCCNC(=O)CSc1nnc(SCc2nc(-c3ccccc3C)no2)s1. The highest BCUT2D eigenvalue weighted by Gasteiger charge is 2.13. The first-order valence-electron chi connectivity index (χ1n) is 8.40. The van der Waals surface area contributed by atoms with Gasteiger partial charge in [-0.05, 0) is 18.9 Å². The van der Waals surface area contributed by atoms with Crippen LogP contribution in [-0.2, 0) is 10.5 Å². The summed E-state index contributed by atoms with van der Waals surface area (Å²) in [7, 11) is 0. The van der Waals surface area contributed by atoms with Gasteiger partial charge >= 0.3 is 0 Å². The lowest BCUT2D eigenvalue weighted by atomic mass is 10.1. The van der Waals surface area contributed by atoms with Crippen molar-refractivity contribution >= 4 is 40.8 Å². The van der Waals surface area contributed by atoms with Crippen LogP contribution in [0.25, 0.3) is 11.4 Å². The highest BCUT2D eigenvalue weighted by Crippen LogP contribution is 2.31. The number of rotatable bonds is 9. The molecular formula is C17H19N5O2S3. The summed E-state index contributed by atoms with van der Waals surface area (Å²) in [5.41, 5.74) is 2.07. The Morgan fingerprint density at radius 2 is 2.00 bits per heavy atom. The molecule has 0 bridgehead atoms. The van der Waals surface area contributed by atoms with E-state index in [4.69, 9.17) is 4.52 Å². The Morgan fingerprint density at radius 1 is 1.22 bits per heavy atom. The highest BCUT2D eigenvalue weighted by atomic mass is 32.2. The Labute approximate surface area is 169 Å². The van der Waals surface area contributed by atoms with Gasteiger partial charge in [-0.2, -0.15) is 4.98 Å². The maximum atomic E-state index is 11.6. The smallest absolute Gasteiger partial charge is 0.237 e. The minimum Gasteiger partial charge on any atom is -0.355 e. The van der Waals surface area contributed by atoms with Gasteiger partial charge in [0.15, 0.2) is 8.68 Å². The third kappa shape index (κ3) is 5.78. The van der Waals surface area contributed by atoms with Crippen molar-refractivity contribution in [3.05, 3.63) is 35.7 Å². The highest BCUT2D eigenvalue weighted by molar-refractivity contribution is 8.03. The van der Waals surface area contributed by atoms with Crippen LogP contribution < -0.4 is 5.32 Å². The first-order valence-corrected chi connectivity index (χ1v) is 11.2. The summed E-state index contributed by atoms with van der Waals surface area (Å²) in [6, 6.07) is 7.93. The molecule has 0 saturated carbocycles. The van der Waals surface area contributed by atoms with Gasteiger partial charge in [0.05, 0.1) is 11.5 Å². The summed E-state index contributed by atoms with van der Waals surface area (Å²) in [5.74, 6) is 2.02. The van der Waals surface area contributed by atoms with Gasteiger partial charge < -0.3 is 9.84 Å². The van der Waals surface area contributed by atoms with Crippen LogP contribution >= 0.6 is 34.9 Å². The quantitative estimate of drug-likeness (QED) is 0.521. The summed E-state index contributed by atoms with van der Waals surface area (Å²) in [5, 5.41) is 15.1. The van der Waals surface area contributed by atoms with Gasteiger partial charge in [-0.15, -0.1) is 10.2 Å². The molecular weight excluding hydrogens is 402 g/mol. The van der Waals surface area contributed by atoms with E-state index in [2.05, 4.69) is 25.7 Å². The number of thioether (sulfide) groups is 2. The molecule has 0 saturated heterocycles. The average molecular weight is 422 g/mol. The molecule has 0 radical (unpaired) electrons. The van der Waals surface area contributed by atoms with Crippen LogP contribution in [0.3, 0.4) is 0 Å². The Morgan fingerprint density at radius 3 is 2.78 bits per heavy atom. The molecule has 3 rings (SSSR count). The van der Waals surface area contributed by atoms with Gasteiger partial charge in [0.2, 0.25) is 17.6 Å². The predicted octanol–water partition coefficient (Wildman–Crippen LogP) is 3.81. The molecule has 2 aromatic heterocycles. The number of hydrogen-bond donors (Lipinski definition) is 1. The zero-order valence-corrected chi connectivity index (χ0v) is 17.4. The minimum absolute atomic E-state index is 0.0147. The molecule has 10 heteroatoms. The zero-order chi connectivity index (χ0) is 19.1. The molecule has 0 aliphatic heterocycles. The first kappa shape index (κ1) is 19.8. The van der Waals surface area contributed by atoms with E-state index in [1.807, 2.05) is 38.1 Å². The molecule has 0 aliphatic carbocycles. The molecule has 0 fully saturated rings. The van der Waals surface area contributed by atoms with Crippen LogP contribution in [0.1, 0.15) is 24.8 Å². The second-order valence-electron chi connectivity index (χ2n) is 5.59. The molecule has 0 atom stereocenters. The molecule has 7 nitrogen and oxygen atoms in total. The summed E-state index contributed by atoms with van der Waals surface area (Å²) in [4.78, 5) is 16.1. The summed E-state index contributed by atoms with van der Waals surface area (Å²) in [6.45, 7) is 4.74. The van der Waals surface area contributed by atoms with Crippen LogP contribution in [0.15, 0.2) is 37.5 Å². The monoisotopic (exact) mass is 421 g/mol. The molecule has 27 heavy (non-hydrogen) atoms. The Kier molecular flexibility index (Phi) is 7.25. The maximum Gasteiger partial charge on any atom is 0.237 e. The number of aromatic nitrogens is 4. The number of benzene rings is 1. The lowest BCUT2D eigenvalue weighted by Gasteiger charge is -2.00. The van der Waals surface area contributed by atoms with Gasteiger partial charge in [0.25, 0.3) is 0 Å². The normalized spacial score (nSPS) is 10.9.